The number of benzene rings is 3. The molecule has 4 rings (SSSR count). The molecule has 1 amide bonds. The van der Waals surface area contributed by atoms with Crippen LogP contribution in [0.5, 0.6) is 11.5 Å². The Morgan fingerprint density at radius 1 is 0.970 bits per heavy atom. The molecule has 172 valence electrons. The number of hydrogen-bond acceptors (Lipinski definition) is 3. The molecule has 1 atom stereocenters. The highest BCUT2D eigenvalue weighted by molar-refractivity contribution is 5.95. The molecule has 1 unspecified atom stereocenters. The van der Waals surface area contributed by atoms with Gasteiger partial charge in [0, 0.05) is 12.1 Å². The van der Waals surface area contributed by atoms with Crippen LogP contribution in [0.4, 0.5) is 17.6 Å². The van der Waals surface area contributed by atoms with Crippen molar-refractivity contribution in [2.45, 2.75) is 18.6 Å². The van der Waals surface area contributed by atoms with Crippen LogP contribution in [0.3, 0.4) is 0 Å². The number of fused-ring (bicyclic) bond motifs is 1. The monoisotopic (exact) mass is 459 g/mol. The summed E-state index contributed by atoms with van der Waals surface area (Å²) in [4.78, 5) is 14.9. The van der Waals surface area contributed by atoms with E-state index in [9.17, 15) is 22.4 Å². The van der Waals surface area contributed by atoms with Crippen LogP contribution in [-0.2, 0) is 12.6 Å². The number of methoxy groups -OCH3 is 2. The van der Waals surface area contributed by atoms with Crippen LogP contribution in [-0.4, -0.2) is 31.6 Å². The van der Waals surface area contributed by atoms with Gasteiger partial charge in [-0.25, -0.2) is 4.39 Å². The Morgan fingerprint density at radius 3 is 2.27 bits per heavy atom. The van der Waals surface area contributed by atoms with E-state index < -0.39 is 29.5 Å². The third-order valence-electron chi connectivity index (χ3n) is 5.76. The molecule has 0 N–H and O–H groups in total. The molecule has 4 nitrogen and oxygen atoms in total. The number of carbonyl (C=O) groups excluding carboxylic acids is 1. The lowest BCUT2D eigenvalue weighted by molar-refractivity contribution is -0.137. The maximum atomic E-state index is 13.5. The number of nitrogens with zero attached hydrogens (tertiary/aromatic N) is 1. The van der Waals surface area contributed by atoms with E-state index in [1.165, 1.54) is 49.5 Å². The minimum Gasteiger partial charge on any atom is -0.493 e. The Bertz CT molecular complexity index is 1180. The van der Waals surface area contributed by atoms with E-state index in [4.69, 9.17) is 9.47 Å². The standard InChI is InChI=1S/C25H21F4NO3/c1-32-21-13-16-10-11-30(24(31)15-6-8-19(26)9-7-15)23(20(16)14-22(21)33-2)17-4-3-5-18(12-17)25(27,28)29/h3-9,12-14,23H,10-11H2,1-2H3. The molecule has 0 aromatic heterocycles. The van der Waals surface area contributed by atoms with Crippen molar-refractivity contribution >= 4 is 5.91 Å². The Hall–Kier alpha value is -3.55. The summed E-state index contributed by atoms with van der Waals surface area (Å²) in [5.74, 6) is 0.0151. The van der Waals surface area contributed by atoms with Crippen molar-refractivity contribution in [1.82, 2.24) is 4.90 Å². The fraction of sp³-hybridized carbons (Fsp3) is 0.240. The first-order valence-corrected chi connectivity index (χ1v) is 10.2. The molecule has 1 aliphatic heterocycles. The predicted molar refractivity (Wildman–Crippen MR) is 114 cm³/mol. The molecule has 33 heavy (non-hydrogen) atoms. The average Bonchev–Trinajstić information content (AvgIpc) is 2.82. The molecule has 0 bridgehead atoms. The smallest absolute Gasteiger partial charge is 0.416 e. The number of carbonyl (C=O) groups is 1. The Balaban J connectivity index is 1.88. The van der Waals surface area contributed by atoms with E-state index in [2.05, 4.69) is 0 Å². The zero-order valence-corrected chi connectivity index (χ0v) is 17.9. The number of alkyl halides is 3. The van der Waals surface area contributed by atoms with Crippen LogP contribution in [0.2, 0.25) is 0 Å². The van der Waals surface area contributed by atoms with Gasteiger partial charge in [0.15, 0.2) is 11.5 Å². The number of hydrogen-bond donors (Lipinski definition) is 0. The fourth-order valence-corrected chi connectivity index (χ4v) is 4.17. The van der Waals surface area contributed by atoms with Crippen LogP contribution in [0.25, 0.3) is 0 Å². The van der Waals surface area contributed by atoms with Gasteiger partial charge in [-0.1, -0.05) is 12.1 Å². The van der Waals surface area contributed by atoms with Crippen molar-refractivity contribution in [1.29, 1.82) is 0 Å². The van der Waals surface area contributed by atoms with Crippen LogP contribution >= 0.6 is 0 Å². The molecule has 8 heteroatoms. The molecule has 1 heterocycles. The first kappa shape index (κ1) is 22.6. The molecular weight excluding hydrogens is 438 g/mol. The first-order valence-electron chi connectivity index (χ1n) is 10.2. The molecular formula is C25H21F4NO3. The van der Waals surface area contributed by atoms with Crippen molar-refractivity contribution in [2.24, 2.45) is 0 Å². The third-order valence-corrected chi connectivity index (χ3v) is 5.76. The van der Waals surface area contributed by atoms with Gasteiger partial charge in [-0.3, -0.25) is 4.79 Å². The van der Waals surface area contributed by atoms with Crippen molar-refractivity contribution in [2.75, 3.05) is 20.8 Å². The van der Waals surface area contributed by atoms with E-state index in [0.29, 0.717) is 29.0 Å². The van der Waals surface area contributed by atoms with Gasteiger partial charge in [0.1, 0.15) is 5.82 Å². The molecule has 3 aromatic carbocycles. The van der Waals surface area contributed by atoms with Crippen molar-refractivity contribution in [3.8, 4) is 11.5 Å². The van der Waals surface area contributed by atoms with Crippen molar-refractivity contribution in [3.05, 3.63) is 94.3 Å². The normalized spacial score (nSPS) is 15.7. The van der Waals surface area contributed by atoms with Gasteiger partial charge >= 0.3 is 6.18 Å². The zero-order chi connectivity index (χ0) is 23.8. The van der Waals surface area contributed by atoms with Gasteiger partial charge in [0.2, 0.25) is 0 Å². The summed E-state index contributed by atoms with van der Waals surface area (Å²) in [6.45, 7) is 0.263. The van der Waals surface area contributed by atoms with Crippen LogP contribution in [0.1, 0.15) is 38.7 Å². The summed E-state index contributed by atoms with van der Waals surface area (Å²) < 4.78 is 64.5. The Kier molecular flexibility index (Phi) is 6.01. The zero-order valence-electron chi connectivity index (χ0n) is 17.9. The number of rotatable bonds is 4. The van der Waals surface area contributed by atoms with Crippen molar-refractivity contribution < 1.29 is 31.8 Å². The lowest BCUT2D eigenvalue weighted by Gasteiger charge is -2.38. The highest BCUT2D eigenvalue weighted by Crippen LogP contribution is 2.42. The van der Waals surface area contributed by atoms with E-state index in [-0.39, 0.29) is 12.1 Å². The summed E-state index contributed by atoms with van der Waals surface area (Å²) in [5.41, 5.74) is 1.25. The predicted octanol–water partition coefficient (Wildman–Crippen LogP) is 5.65. The van der Waals surface area contributed by atoms with Gasteiger partial charge < -0.3 is 14.4 Å². The number of ether oxygens (including phenoxy) is 2. The first-order chi connectivity index (χ1) is 15.7. The van der Waals surface area contributed by atoms with Crippen LogP contribution in [0.15, 0.2) is 60.7 Å². The Morgan fingerprint density at radius 2 is 1.64 bits per heavy atom. The maximum Gasteiger partial charge on any atom is 0.416 e. The summed E-state index contributed by atoms with van der Waals surface area (Å²) in [6, 6.07) is 12.7. The summed E-state index contributed by atoms with van der Waals surface area (Å²) in [6.07, 6.45) is -4.06. The van der Waals surface area contributed by atoms with E-state index in [1.807, 2.05) is 0 Å². The third kappa shape index (κ3) is 4.37. The fourth-order valence-electron chi connectivity index (χ4n) is 4.17. The van der Waals surface area contributed by atoms with Gasteiger partial charge in [-0.05, 0) is 71.6 Å². The molecule has 0 aliphatic carbocycles. The highest BCUT2D eigenvalue weighted by atomic mass is 19.4. The SMILES string of the molecule is COc1cc2c(cc1OC)C(c1cccc(C(F)(F)F)c1)N(C(=O)c1ccc(F)cc1)CC2. The molecule has 0 saturated heterocycles. The second-order valence-corrected chi connectivity index (χ2v) is 7.69. The summed E-state index contributed by atoms with van der Waals surface area (Å²) in [7, 11) is 2.97. The highest BCUT2D eigenvalue weighted by Gasteiger charge is 2.36. The van der Waals surface area contributed by atoms with E-state index in [0.717, 1.165) is 17.7 Å². The van der Waals surface area contributed by atoms with Gasteiger partial charge in [-0.2, -0.15) is 13.2 Å². The lowest BCUT2D eigenvalue weighted by atomic mass is 9.86. The maximum absolute atomic E-state index is 13.5. The Labute approximate surface area is 188 Å². The minimum atomic E-state index is -4.53. The van der Waals surface area contributed by atoms with Crippen molar-refractivity contribution in [3.63, 3.8) is 0 Å². The average molecular weight is 459 g/mol. The van der Waals surface area contributed by atoms with Crippen LogP contribution < -0.4 is 9.47 Å². The van der Waals surface area contributed by atoms with Gasteiger partial charge in [0.25, 0.3) is 5.91 Å². The molecule has 0 radical (unpaired) electrons. The van der Waals surface area contributed by atoms with Crippen LogP contribution in [0, 0.1) is 5.82 Å². The van der Waals surface area contributed by atoms with Gasteiger partial charge in [-0.15, -0.1) is 0 Å². The topological polar surface area (TPSA) is 38.8 Å². The number of halogens is 4. The molecule has 3 aromatic rings. The molecule has 0 saturated carbocycles. The van der Waals surface area contributed by atoms with E-state index in [1.54, 1.807) is 18.2 Å². The minimum absolute atomic E-state index is 0.248. The van der Waals surface area contributed by atoms with Gasteiger partial charge in [0.05, 0.1) is 25.8 Å². The summed E-state index contributed by atoms with van der Waals surface area (Å²) >= 11 is 0. The summed E-state index contributed by atoms with van der Waals surface area (Å²) in [5, 5.41) is 0. The molecule has 0 fully saturated rings. The second-order valence-electron chi connectivity index (χ2n) is 7.69. The lowest BCUT2D eigenvalue weighted by Crippen LogP contribution is -2.40. The quantitative estimate of drug-likeness (QED) is 0.474. The molecule has 0 spiro atoms. The number of amides is 1. The molecule has 1 aliphatic rings. The largest absolute Gasteiger partial charge is 0.493 e. The van der Waals surface area contributed by atoms with E-state index >= 15 is 0 Å². The second kappa shape index (κ2) is 8.77.